The minimum absolute atomic E-state index is 0.121. The summed E-state index contributed by atoms with van der Waals surface area (Å²) in [6.07, 6.45) is 0.491. The highest BCUT2D eigenvalue weighted by Gasteiger charge is 2.30. The Bertz CT molecular complexity index is 514. The largest absolute Gasteiger partial charge is 0.449 e. The van der Waals surface area contributed by atoms with Crippen molar-refractivity contribution < 1.29 is 28.7 Å². The molecule has 1 aliphatic carbocycles. The Labute approximate surface area is 127 Å². The molecule has 0 aromatic rings. The van der Waals surface area contributed by atoms with Crippen LogP contribution in [0.2, 0.25) is 0 Å². The van der Waals surface area contributed by atoms with Gasteiger partial charge in [-0.15, -0.1) is 0 Å². The molecule has 0 spiro atoms. The minimum Gasteiger partial charge on any atom is -0.449 e. The number of amides is 2. The molecule has 8 nitrogen and oxygen atoms in total. The number of allylic oxidation sites excluding steroid dienone is 2. The first kappa shape index (κ1) is 17.4. The van der Waals surface area contributed by atoms with Crippen LogP contribution in [-0.2, 0) is 19.1 Å². The number of rotatable bonds is 4. The summed E-state index contributed by atoms with van der Waals surface area (Å²) in [5, 5.41) is 0. The lowest BCUT2D eigenvalue weighted by molar-refractivity contribution is -0.116. The lowest BCUT2D eigenvalue weighted by Crippen LogP contribution is -2.36. The number of likely N-dealkylation sites (N-methyl/N-ethyl adjacent to an activating group) is 2. The smallest absolute Gasteiger partial charge is 0.414 e. The van der Waals surface area contributed by atoms with E-state index in [2.05, 4.69) is 0 Å². The van der Waals surface area contributed by atoms with E-state index in [0.717, 1.165) is 22.0 Å². The fourth-order valence-electron chi connectivity index (χ4n) is 1.70. The van der Waals surface area contributed by atoms with Gasteiger partial charge in [0, 0.05) is 26.2 Å². The van der Waals surface area contributed by atoms with Crippen molar-refractivity contribution >= 4 is 23.8 Å². The Balaban J connectivity index is 2.95. The number of carbonyl (C=O) groups is 4. The molecule has 0 radical (unpaired) electrons. The first-order valence-corrected chi connectivity index (χ1v) is 6.66. The van der Waals surface area contributed by atoms with E-state index in [9.17, 15) is 19.2 Å². The molecule has 0 fully saturated rings. The first-order valence-electron chi connectivity index (χ1n) is 6.66. The standard InChI is InChI=1S/C14H18N2O6/c1-5-21-13(19)15(3)9-7-12(18)10(8-11(9)17)16(4)14(20)22-6-2/h7-8H,5-6H2,1-4H3. The molecule has 0 saturated carbocycles. The first-order chi connectivity index (χ1) is 10.3. The van der Waals surface area contributed by atoms with E-state index >= 15 is 0 Å². The van der Waals surface area contributed by atoms with Crippen LogP contribution in [0, 0.1) is 0 Å². The molecule has 0 aromatic heterocycles. The van der Waals surface area contributed by atoms with Gasteiger partial charge in [-0.05, 0) is 13.8 Å². The maximum atomic E-state index is 12.1. The van der Waals surface area contributed by atoms with Gasteiger partial charge in [0.1, 0.15) is 0 Å². The lowest BCUT2D eigenvalue weighted by Gasteiger charge is -2.24. The van der Waals surface area contributed by atoms with Gasteiger partial charge in [0.15, 0.2) is 0 Å². The van der Waals surface area contributed by atoms with Gasteiger partial charge >= 0.3 is 12.2 Å². The maximum absolute atomic E-state index is 12.1. The van der Waals surface area contributed by atoms with Crippen LogP contribution in [0.3, 0.4) is 0 Å². The van der Waals surface area contributed by atoms with Crippen LogP contribution in [0.15, 0.2) is 23.5 Å². The lowest BCUT2D eigenvalue weighted by atomic mass is 10.1. The average molecular weight is 310 g/mol. The highest BCUT2D eigenvalue weighted by molar-refractivity contribution is 6.20. The number of hydrogen-bond acceptors (Lipinski definition) is 6. The summed E-state index contributed by atoms with van der Waals surface area (Å²) in [7, 11) is 2.64. The van der Waals surface area contributed by atoms with Crippen LogP contribution in [0.4, 0.5) is 9.59 Å². The summed E-state index contributed by atoms with van der Waals surface area (Å²) in [5.74, 6) is -1.16. The Morgan fingerprint density at radius 3 is 1.45 bits per heavy atom. The molecule has 1 rings (SSSR count). The van der Waals surface area contributed by atoms with Gasteiger partial charge in [-0.3, -0.25) is 19.4 Å². The van der Waals surface area contributed by atoms with Crippen molar-refractivity contribution in [2.75, 3.05) is 27.3 Å². The van der Waals surface area contributed by atoms with Crippen molar-refractivity contribution in [1.82, 2.24) is 9.80 Å². The molecule has 22 heavy (non-hydrogen) atoms. The molecule has 0 saturated heterocycles. The zero-order valence-electron chi connectivity index (χ0n) is 12.9. The van der Waals surface area contributed by atoms with Crippen LogP contribution >= 0.6 is 0 Å². The number of ketones is 2. The topological polar surface area (TPSA) is 93.2 Å². The Kier molecular flexibility index (Phi) is 5.85. The molecule has 0 aromatic carbocycles. The summed E-state index contributed by atoms with van der Waals surface area (Å²) in [6, 6.07) is 0. The summed E-state index contributed by atoms with van der Waals surface area (Å²) >= 11 is 0. The van der Waals surface area contributed by atoms with Crippen molar-refractivity contribution in [3.8, 4) is 0 Å². The second-order valence-corrected chi connectivity index (χ2v) is 4.30. The molecule has 0 heterocycles. The molecule has 0 unspecified atom stereocenters. The quantitative estimate of drug-likeness (QED) is 0.721. The van der Waals surface area contributed by atoms with Crippen molar-refractivity contribution in [3.63, 3.8) is 0 Å². The fourth-order valence-corrected chi connectivity index (χ4v) is 1.70. The minimum atomic E-state index is -0.745. The number of hydrogen-bond donors (Lipinski definition) is 0. The molecular formula is C14H18N2O6. The van der Waals surface area contributed by atoms with Crippen LogP contribution in [-0.4, -0.2) is 60.9 Å². The number of carbonyl (C=O) groups excluding carboxylic acids is 4. The Hall–Kier alpha value is -2.64. The van der Waals surface area contributed by atoms with Gasteiger partial charge in [-0.25, -0.2) is 9.59 Å². The summed E-state index contributed by atoms with van der Waals surface area (Å²) in [6.45, 7) is 3.54. The predicted octanol–water partition coefficient (Wildman–Crippen LogP) is 1.08. The van der Waals surface area contributed by atoms with E-state index in [1.807, 2.05) is 0 Å². The molecule has 0 N–H and O–H groups in total. The number of ether oxygens (including phenoxy) is 2. The molecule has 1 aliphatic rings. The van der Waals surface area contributed by atoms with Crippen molar-refractivity contribution in [2.45, 2.75) is 13.8 Å². The highest BCUT2D eigenvalue weighted by atomic mass is 16.6. The molecular weight excluding hydrogens is 292 g/mol. The van der Waals surface area contributed by atoms with Crippen molar-refractivity contribution in [2.24, 2.45) is 0 Å². The van der Waals surface area contributed by atoms with Gasteiger partial charge in [-0.2, -0.15) is 0 Å². The van der Waals surface area contributed by atoms with Crippen LogP contribution in [0.5, 0.6) is 0 Å². The van der Waals surface area contributed by atoms with Gasteiger partial charge < -0.3 is 9.47 Å². The molecule has 0 bridgehead atoms. The van der Waals surface area contributed by atoms with Crippen LogP contribution in [0.1, 0.15) is 13.8 Å². The third-order valence-electron chi connectivity index (χ3n) is 2.85. The zero-order chi connectivity index (χ0) is 16.9. The monoisotopic (exact) mass is 310 g/mol. The summed E-state index contributed by atoms with van der Waals surface area (Å²) in [5.41, 5.74) is -0.242. The van der Waals surface area contributed by atoms with E-state index in [1.54, 1.807) is 13.8 Å². The third kappa shape index (κ3) is 3.72. The van der Waals surface area contributed by atoms with E-state index in [4.69, 9.17) is 9.47 Å². The van der Waals surface area contributed by atoms with Crippen LogP contribution in [0.25, 0.3) is 0 Å². The molecule has 0 aliphatic heterocycles. The second-order valence-electron chi connectivity index (χ2n) is 4.30. The summed E-state index contributed by atoms with van der Waals surface area (Å²) in [4.78, 5) is 49.2. The van der Waals surface area contributed by atoms with Crippen LogP contribution < -0.4 is 0 Å². The van der Waals surface area contributed by atoms with Gasteiger partial charge in [0.25, 0.3) is 0 Å². The third-order valence-corrected chi connectivity index (χ3v) is 2.85. The van der Waals surface area contributed by atoms with Crippen molar-refractivity contribution in [1.29, 1.82) is 0 Å². The Morgan fingerprint density at radius 2 is 1.18 bits per heavy atom. The van der Waals surface area contributed by atoms with E-state index in [-0.39, 0.29) is 24.6 Å². The Morgan fingerprint density at radius 1 is 0.864 bits per heavy atom. The second kappa shape index (κ2) is 7.39. The van der Waals surface area contributed by atoms with Crippen molar-refractivity contribution in [3.05, 3.63) is 23.5 Å². The maximum Gasteiger partial charge on any atom is 0.414 e. The molecule has 8 heteroatoms. The normalized spacial score (nSPS) is 14.0. The van der Waals surface area contributed by atoms with Gasteiger partial charge in [0.2, 0.25) is 11.6 Å². The van der Waals surface area contributed by atoms with Gasteiger partial charge in [0.05, 0.1) is 24.6 Å². The van der Waals surface area contributed by atoms with E-state index < -0.39 is 23.8 Å². The molecule has 120 valence electrons. The highest BCUT2D eigenvalue weighted by Crippen LogP contribution is 2.18. The number of nitrogens with zero attached hydrogens (tertiary/aromatic N) is 2. The molecule has 2 amide bonds. The van der Waals surface area contributed by atoms with E-state index in [0.29, 0.717) is 0 Å². The average Bonchev–Trinajstić information content (AvgIpc) is 2.48. The fraction of sp³-hybridized carbons (Fsp3) is 0.429. The van der Waals surface area contributed by atoms with Gasteiger partial charge in [-0.1, -0.05) is 0 Å². The van der Waals surface area contributed by atoms with E-state index in [1.165, 1.54) is 14.1 Å². The zero-order valence-corrected chi connectivity index (χ0v) is 12.9. The molecule has 0 atom stereocenters. The SMILES string of the molecule is CCOC(=O)N(C)C1=CC(=O)C(N(C)C(=O)OCC)=CC1=O. The summed E-state index contributed by atoms with van der Waals surface area (Å²) < 4.78 is 9.52. The predicted molar refractivity (Wildman–Crippen MR) is 75.8 cm³/mol.